The van der Waals surface area contributed by atoms with Crippen LogP contribution in [-0.4, -0.2) is 22.6 Å². The van der Waals surface area contributed by atoms with Crippen LogP contribution in [-0.2, 0) is 4.74 Å². The largest absolute Gasteiger partial charge is 0.478 e. The molecule has 0 fully saturated rings. The van der Waals surface area contributed by atoms with Crippen molar-refractivity contribution in [3.63, 3.8) is 0 Å². The van der Waals surface area contributed by atoms with Gasteiger partial charge in [0.25, 0.3) is 0 Å². The van der Waals surface area contributed by atoms with Crippen LogP contribution in [0, 0.1) is 11.8 Å². The summed E-state index contributed by atoms with van der Waals surface area (Å²) >= 11 is 0. The number of hydrogen-bond acceptors (Lipinski definition) is 3. The van der Waals surface area contributed by atoms with E-state index in [0.29, 0.717) is 5.56 Å². The van der Waals surface area contributed by atoms with Crippen LogP contribution < -0.4 is 0 Å². The number of carboxylic acids is 1. The maximum atomic E-state index is 11.9. The summed E-state index contributed by atoms with van der Waals surface area (Å²) in [5.74, 6) is 4.59. The van der Waals surface area contributed by atoms with Gasteiger partial charge in [-0.3, -0.25) is 0 Å². The second kappa shape index (κ2) is 7.01. The van der Waals surface area contributed by atoms with Crippen molar-refractivity contribution in [2.45, 2.75) is 26.4 Å². The van der Waals surface area contributed by atoms with E-state index in [0.717, 1.165) is 11.1 Å². The standard InChI is InChI=1S/C20H18O4/c1-20(2,3)24-19(23)17-12-8-15(9-13-17)5-4-14-6-10-16(11-7-14)18(21)22/h6-13H,1-3H3,(H,21,22). The van der Waals surface area contributed by atoms with Crippen LogP contribution >= 0.6 is 0 Å². The molecule has 2 rings (SSSR count). The van der Waals surface area contributed by atoms with Gasteiger partial charge >= 0.3 is 11.9 Å². The van der Waals surface area contributed by atoms with Crippen molar-refractivity contribution in [3.8, 4) is 11.8 Å². The second-order valence-corrected chi connectivity index (χ2v) is 6.21. The highest BCUT2D eigenvalue weighted by Crippen LogP contribution is 2.12. The summed E-state index contributed by atoms with van der Waals surface area (Å²) in [5, 5.41) is 8.85. The molecule has 0 saturated heterocycles. The van der Waals surface area contributed by atoms with Gasteiger partial charge in [-0.1, -0.05) is 11.8 Å². The predicted octanol–water partition coefficient (Wildman–Crippen LogP) is 3.74. The molecule has 0 amide bonds. The Hall–Kier alpha value is -3.06. The van der Waals surface area contributed by atoms with Crippen molar-refractivity contribution in [2.75, 3.05) is 0 Å². The predicted molar refractivity (Wildman–Crippen MR) is 91.0 cm³/mol. The number of aromatic carboxylic acids is 1. The molecule has 0 bridgehead atoms. The molecule has 0 aliphatic rings. The monoisotopic (exact) mass is 322 g/mol. The lowest BCUT2D eigenvalue weighted by atomic mass is 10.1. The van der Waals surface area contributed by atoms with Crippen LogP contribution in [0.4, 0.5) is 0 Å². The minimum Gasteiger partial charge on any atom is -0.478 e. The van der Waals surface area contributed by atoms with Gasteiger partial charge in [0.2, 0.25) is 0 Å². The Morgan fingerprint density at radius 3 is 1.62 bits per heavy atom. The third-order valence-corrected chi connectivity index (χ3v) is 3.00. The number of carbonyl (C=O) groups is 2. The van der Waals surface area contributed by atoms with Crippen molar-refractivity contribution in [1.29, 1.82) is 0 Å². The second-order valence-electron chi connectivity index (χ2n) is 6.21. The highest BCUT2D eigenvalue weighted by atomic mass is 16.6. The van der Waals surface area contributed by atoms with Crippen LogP contribution in [0.3, 0.4) is 0 Å². The Labute approximate surface area is 141 Å². The zero-order valence-corrected chi connectivity index (χ0v) is 13.8. The van der Waals surface area contributed by atoms with Gasteiger partial charge in [0.1, 0.15) is 5.60 Å². The highest BCUT2D eigenvalue weighted by molar-refractivity contribution is 5.89. The van der Waals surface area contributed by atoms with E-state index in [2.05, 4.69) is 11.8 Å². The van der Waals surface area contributed by atoms with Crippen molar-refractivity contribution in [3.05, 3.63) is 70.8 Å². The molecule has 0 radical (unpaired) electrons. The minimum atomic E-state index is -0.966. The Balaban J connectivity index is 2.09. The van der Waals surface area contributed by atoms with Crippen LogP contribution in [0.2, 0.25) is 0 Å². The van der Waals surface area contributed by atoms with Gasteiger partial charge in [-0.05, 0) is 69.3 Å². The maximum absolute atomic E-state index is 11.9. The van der Waals surface area contributed by atoms with E-state index in [1.807, 2.05) is 20.8 Å². The topological polar surface area (TPSA) is 63.6 Å². The van der Waals surface area contributed by atoms with Crippen molar-refractivity contribution < 1.29 is 19.4 Å². The molecule has 122 valence electrons. The highest BCUT2D eigenvalue weighted by Gasteiger charge is 2.17. The van der Waals surface area contributed by atoms with Crippen molar-refractivity contribution in [1.82, 2.24) is 0 Å². The molecule has 0 unspecified atom stereocenters. The van der Waals surface area contributed by atoms with E-state index in [9.17, 15) is 9.59 Å². The number of rotatable bonds is 2. The fraction of sp³-hybridized carbons (Fsp3) is 0.200. The number of benzene rings is 2. The first-order chi connectivity index (χ1) is 11.2. The number of carboxylic acid groups (broad SMARTS) is 1. The van der Waals surface area contributed by atoms with E-state index < -0.39 is 11.6 Å². The van der Waals surface area contributed by atoms with Crippen LogP contribution in [0.5, 0.6) is 0 Å². The lowest BCUT2D eigenvalue weighted by Gasteiger charge is -2.19. The third-order valence-electron chi connectivity index (χ3n) is 3.00. The summed E-state index contributed by atoms with van der Waals surface area (Å²) in [4.78, 5) is 22.7. The molecule has 4 heteroatoms. The number of hydrogen-bond donors (Lipinski definition) is 1. The fourth-order valence-corrected chi connectivity index (χ4v) is 1.87. The zero-order valence-electron chi connectivity index (χ0n) is 13.8. The molecule has 0 aliphatic carbocycles. The number of carbonyl (C=O) groups excluding carboxylic acids is 1. The summed E-state index contributed by atoms with van der Waals surface area (Å²) in [7, 11) is 0. The van der Waals surface area contributed by atoms with Gasteiger partial charge in [0, 0.05) is 11.1 Å². The molecule has 0 spiro atoms. The molecule has 0 atom stereocenters. The third kappa shape index (κ3) is 4.99. The number of esters is 1. The molecule has 2 aromatic carbocycles. The molecular formula is C20H18O4. The summed E-state index contributed by atoms with van der Waals surface area (Å²) < 4.78 is 5.30. The van der Waals surface area contributed by atoms with Gasteiger partial charge in [-0.25, -0.2) is 9.59 Å². The van der Waals surface area contributed by atoms with Gasteiger partial charge < -0.3 is 9.84 Å². The van der Waals surface area contributed by atoms with Crippen molar-refractivity contribution >= 4 is 11.9 Å². The molecule has 2 aromatic rings. The van der Waals surface area contributed by atoms with E-state index in [-0.39, 0.29) is 11.5 Å². The van der Waals surface area contributed by atoms with E-state index in [1.54, 1.807) is 36.4 Å². The Kier molecular flexibility index (Phi) is 5.05. The van der Waals surface area contributed by atoms with Crippen LogP contribution in [0.15, 0.2) is 48.5 Å². The van der Waals surface area contributed by atoms with Gasteiger partial charge in [0.05, 0.1) is 11.1 Å². The SMILES string of the molecule is CC(C)(C)OC(=O)c1ccc(C#Cc2ccc(C(=O)O)cc2)cc1. The fourth-order valence-electron chi connectivity index (χ4n) is 1.87. The molecule has 0 saturated carbocycles. The molecule has 24 heavy (non-hydrogen) atoms. The average Bonchev–Trinajstić information content (AvgIpc) is 2.52. The quantitative estimate of drug-likeness (QED) is 0.676. The Morgan fingerprint density at radius 1 is 0.833 bits per heavy atom. The van der Waals surface area contributed by atoms with Gasteiger partial charge in [-0.2, -0.15) is 0 Å². The van der Waals surface area contributed by atoms with Crippen LogP contribution in [0.25, 0.3) is 0 Å². The lowest BCUT2D eigenvalue weighted by molar-refractivity contribution is 0.00693. The first-order valence-corrected chi connectivity index (χ1v) is 7.43. The Morgan fingerprint density at radius 2 is 1.25 bits per heavy atom. The van der Waals surface area contributed by atoms with Crippen LogP contribution in [0.1, 0.15) is 52.6 Å². The molecule has 0 heterocycles. The molecule has 4 nitrogen and oxygen atoms in total. The molecule has 0 aromatic heterocycles. The summed E-state index contributed by atoms with van der Waals surface area (Å²) in [6.45, 7) is 5.46. The first kappa shape index (κ1) is 17.3. The van der Waals surface area contributed by atoms with Gasteiger partial charge in [0.15, 0.2) is 0 Å². The molecular weight excluding hydrogens is 304 g/mol. The minimum absolute atomic E-state index is 0.224. The van der Waals surface area contributed by atoms with E-state index >= 15 is 0 Å². The first-order valence-electron chi connectivity index (χ1n) is 7.43. The summed E-state index contributed by atoms with van der Waals surface area (Å²) in [5.41, 5.74) is 1.64. The summed E-state index contributed by atoms with van der Waals surface area (Å²) in [6.07, 6.45) is 0. The molecule has 0 aliphatic heterocycles. The molecule has 1 N–H and O–H groups in total. The summed E-state index contributed by atoms with van der Waals surface area (Å²) in [6, 6.07) is 13.2. The van der Waals surface area contributed by atoms with E-state index in [4.69, 9.17) is 9.84 Å². The zero-order chi connectivity index (χ0) is 17.7. The van der Waals surface area contributed by atoms with E-state index in [1.165, 1.54) is 12.1 Å². The maximum Gasteiger partial charge on any atom is 0.338 e. The van der Waals surface area contributed by atoms with Crippen molar-refractivity contribution in [2.24, 2.45) is 0 Å². The lowest BCUT2D eigenvalue weighted by Crippen LogP contribution is -2.23. The van der Waals surface area contributed by atoms with Gasteiger partial charge in [-0.15, -0.1) is 0 Å². The average molecular weight is 322 g/mol. The number of ether oxygens (including phenoxy) is 1. The smallest absolute Gasteiger partial charge is 0.338 e. The Bertz CT molecular complexity index is 798. The normalized spacial score (nSPS) is 10.5.